The van der Waals surface area contributed by atoms with Crippen molar-refractivity contribution in [2.24, 2.45) is 4.99 Å². The lowest BCUT2D eigenvalue weighted by molar-refractivity contribution is -0.176. The number of rotatable bonds is 10. The molecule has 0 amide bonds. The fraction of sp³-hybridized carbons (Fsp3) is 0.667. The smallest absolute Gasteiger partial charge is 0.378 e. The molecule has 0 heterocycles. The van der Waals surface area contributed by atoms with E-state index in [1.54, 1.807) is 13.1 Å². The van der Waals surface area contributed by atoms with Crippen LogP contribution >= 0.6 is 0 Å². The monoisotopic (exact) mass is 415 g/mol. The van der Waals surface area contributed by atoms with Crippen LogP contribution in [0.25, 0.3) is 0 Å². The van der Waals surface area contributed by atoms with Crippen molar-refractivity contribution in [1.29, 1.82) is 0 Å². The number of hydrogen-bond acceptors (Lipinski definition) is 3. The van der Waals surface area contributed by atoms with Gasteiger partial charge in [-0.05, 0) is 30.4 Å². The SMILES string of the molecule is CN=C(NCCCOC1CCCCC1)NCc1cccc(COCC(F)(F)F)c1. The molecule has 0 radical (unpaired) electrons. The van der Waals surface area contributed by atoms with Crippen LogP contribution in [0.2, 0.25) is 0 Å². The molecule has 1 fully saturated rings. The molecule has 2 rings (SSSR count). The molecule has 0 atom stereocenters. The van der Waals surface area contributed by atoms with Crippen molar-refractivity contribution in [2.45, 2.75) is 64.0 Å². The predicted molar refractivity (Wildman–Crippen MR) is 108 cm³/mol. The van der Waals surface area contributed by atoms with Gasteiger partial charge in [-0.3, -0.25) is 4.99 Å². The van der Waals surface area contributed by atoms with Crippen LogP contribution in [0.4, 0.5) is 13.2 Å². The summed E-state index contributed by atoms with van der Waals surface area (Å²) < 4.78 is 47.1. The second kappa shape index (κ2) is 12.7. The number of ether oxygens (including phenoxy) is 2. The Hall–Kier alpha value is -1.80. The van der Waals surface area contributed by atoms with Gasteiger partial charge in [0.05, 0.1) is 12.7 Å². The molecule has 1 saturated carbocycles. The number of alkyl halides is 3. The lowest BCUT2D eigenvalue weighted by atomic mass is 9.98. The third-order valence-electron chi connectivity index (χ3n) is 4.73. The molecule has 0 spiro atoms. The van der Waals surface area contributed by atoms with E-state index in [-0.39, 0.29) is 6.61 Å². The molecule has 5 nitrogen and oxygen atoms in total. The highest BCUT2D eigenvalue weighted by Gasteiger charge is 2.27. The van der Waals surface area contributed by atoms with Crippen LogP contribution in [0.1, 0.15) is 49.7 Å². The van der Waals surface area contributed by atoms with E-state index in [0.29, 0.717) is 24.2 Å². The maximum absolute atomic E-state index is 12.2. The molecule has 0 bridgehead atoms. The van der Waals surface area contributed by atoms with Gasteiger partial charge in [0.15, 0.2) is 5.96 Å². The van der Waals surface area contributed by atoms with Crippen LogP contribution in [0.15, 0.2) is 29.3 Å². The van der Waals surface area contributed by atoms with Crippen molar-refractivity contribution in [3.8, 4) is 0 Å². The average Bonchev–Trinajstić information content (AvgIpc) is 2.70. The first-order chi connectivity index (χ1) is 14.0. The molecule has 164 valence electrons. The van der Waals surface area contributed by atoms with Gasteiger partial charge in [0.2, 0.25) is 0 Å². The molecule has 0 saturated heterocycles. The molecule has 8 heteroatoms. The van der Waals surface area contributed by atoms with Gasteiger partial charge < -0.3 is 20.1 Å². The number of nitrogens with zero attached hydrogens (tertiary/aromatic N) is 1. The normalized spacial score (nSPS) is 16.1. The molecule has 1 aliphatic carbocycles. The van der Waals surface area contributed by atoms with Gasteiger partial charge in [0.1, 0.15) is 6.61 Å². The molecule has 1 aromatic carbocycles. The number of hydrogen-bond donors (Lipinski definition) is 2. The number of benzene rings is 1. The summed E-state index contributed by atoms with van der Waals surface area (Å²) in [6.45, 7) is 0.718. The van der Waals surface area contributed by atoms with Crippen molar-refractivity contribution in [3.05, 3.63) is 35.4 Å². The summed E-state index contributed by atoms with van der Waals surface area (Å²) in [7, 11) is 1.70. The van der Waals surface area contributed by atoms with Crippen LogP contribution < -0.4 is 10.6 Å². The zero-order chi connectivity index (χ0) is 21.0. The van der Waals surface area contributed by atoms with Crippen molar-refractivity contribution < 1.29 is 22.6 Å². The summed E-state index contributed by atoms with van der Waals surface area (Å²) in [5.41, 5.74) is 1.65. The van der Waals surface area contributed by atoms with Crippen LogP contribution in [0.3, 0.4) is 0 Å². The highest BCUT2D eigenvalue weighted by molar-refractivity contribution is 5.79. The largest absolute Gasteiger partial charge is 0.411 e. The highest BCUT2D eigenvalue weighted by atomic mass is 19.4. The van der Waals surface area contributed by atoms with E-state index in [1.807, 2.05) is 18.2 Å². The lowest BCUT2D eigenvalue weighted by Gasteiger charge is -2.22. The molecular weight excluding hydrogens is 383 g/mol. The van der Waals surface area contributed by atoms with Crippen molar-refractivity contribution >= 4 is 5.96 Å². The fourth-order valence-electron chi connectivity index (χ4n) is 3.28. The highest BCUT2D eigenvalue weighted by Crippen LogP contribution is 2.20. The molecule has 1 aromatic rings. The van der Waals surface area contributed by atoms with Gasteiger partial charge in [0, 0.05) is 26.7 Å². The Morgan fingerprint density at radius 3 is 2.62 bits per heavy atom. The molecule has 1 aliphatic rings. The minimum atomic E-state index is -4.31. The van der Waals surface area contributed by atoms with E-state index in [0.717, 1.165) is 25.1 Å². The fourth-order valence-corrected chi connectivity index (χ4v) is 3.28. The Bertz CT molecular complexity index is 617. The number of halogens is 3. The minimum absolute atomic E-state index is 0.0681. The van der Waals surface area contributed by atoms with Crippen LogP contribution in [-0.2, 0) is 22.6 Å². The van der Waals surface area contributed by atoms with Crippen LogP contribution in [0.5, 0.6) is 0 Å². The molecule has 0 aliphatic heterocycles. The zero-order valence-corrected chi connectivity index (χ0v) is 17.1. The van der Waals surface area contributed by atoms with E-state index in [4.69, 9.17) is 9.47 Å². The molecular formula is C21H32F3N3O2. The summed E-state index contributed by atoms with van der Waals surface area (Å²) in [6, 6.07) is 7.29. The van der Waals surface area contributed by atoms with Crippen LogP contribution in [-0.4, -0.2) is 45.0 Å². The van der Waals surface area contributed by atoms with E-state index >= 15 is 0 Å². The predicted octanol–water partition coefficient (Wildman–Crippen LogP) is 4.17. The molecule has 2 N–H and O–H groups in total. The van der Waals surface area contributed by atoms with Gasteiger partial charge in [0.25, 0.3) is 0 Å². The number of nitrogens with one attached hydrogen (secondary N) is 2. The standard InChI is InChI=1S/C21H32F3N3O2/c1-25-20(26-11-6-12-29-19-9-3-2-4-10-19)27-14-17-7-5-8-18(13-17)15-28-16-21(22,23)24/h5,7-8,13,19H,2-4,6,9-12,14-16H2,1H3,(H2,25,26,27). The van der Waals surface area contributed by atoms with Gasteiger partial charge in [-0.2, -0.15) is 13.2 Å². The first kappa shape index (κ1) is 23.5. The molecule has 0 aromatic heterocycles. The van der Waals surface area contributed by atoms with E-state index in [2.05, 4.69) is 15.6 Å². The average molecular weight is 416 g/mol. The van der Waals surface area contributed by atoms with Crippen molar-refractivity contribution in [1.82, 2.24) is 10.6 Å². The Morgan fingerprint density at radius 2 is 1.90 bits per heavy atom. The van der Waals surface area contributed by atoms with E-state index in [1.165, 1.54) is 32.1 Å². The Labute approximate surface area is 171 Å². The van der Waals surface area contributed by atoms with Gasteiger partial charge in [-0.25, -0.2) is 0 Å². The summed E-state index contributed by atoms with van der Waals surface area (Å²) in [5.74, 6) is 0.682. The quantitative estimate of drug-likeness (QED) is 0.342. The van der Waals surface area contributed by atoms with Crippen molar-refractivity contribution in [3.63, 3.8) is 0 Å². The summed E-state index contributed by atoms with van der Waals surface area (Å²) in [5, 5.41) is 6.46. The maximum Gasteiger partial charge on any atom is 0.411 e. The first-order valence-corrected chi connectivity index (χ1v) is 10.2. The lowest BCUT2D eigenvalue weighted by Crippen LogP contribution is -2.37. The summed E-state index contributed by atoms with van der Waals surface area (Å²) >= 11 is 0. The Kier molecular flexibility index (Phi) is 10.3. The maximum atomic E-state index is 12.2. The Balaban J connectivity index is 1.63. The minimum Gasteiger partial charge on any atom is -0.378 e. The third kappa shape index (κ3) is 10.5. The third-order valence-corrected chi connectivity index (χ3v) is 4.73. The van der Waals surface area contributed by atoms with Crippen LogP contribution in [0, 0.1) is 0 Å². The van der Waals surface area contributed by atoms with E-state index < -0.39 is 12.8 Å². The van der Waals surface area contributed by atoms with Gasteiger partial charge in [-0.1, -0.05) is 43.5 Å². The van der Waals surface area contributed by atoms with Gasteiger partial charge >= 0.3 is 6.18 Å². The van der Waals surface area contributed by atoms with E-state index in [9.17, 15) is 13.2 Å². The van der Waals surface area contributed by atoms with Gasteiger partial charge in [-0.15, -0.1) is 0 Å². The number of guanidine groups is 1. The second-order valence-corrected chi connectivity index (χ2v) is 7.26. The van der Waals surface area contributed by atoms with Crippen molar-refractivity contribution in [2.75, 3.05) is 26.8 Å². The topological polar surface area (TPSA) is 54.9 Å². The summed E-state index contributed by atoms with van der Waals surface area (Å²) in [6.07, 6.45) is 3.25. The number of aliphatic imine (C=N–C) groups is 1. The second-order valence-electron chi connectivity index (χ2n) is 7.26. The summed E-state index contributed by atoms with van der Waals surface area (Å²) in [4.78, 5) is 4.19. The first-order valence-electron chi connectivity index (χ1n) is 10.2. The molecule has 0 unspecified atom stereocenters. The molecule has 29 heavy (non-hydrogen) atoms. The zero-order valence-electron chi connectivity index (χ0n) is 17.1. The Morgan fingerprint density at radius 1 is 1.14 bits per heavy atom.